The quantitative estimate of drug-likeness (QED) is 0.602. The molecule has 0 spiro atoms. The molecule has 0 bridgehead atoms. The van der Waals surface area contributed by atoms with E-state index in [4.69, 9.17) is 0 Å². The van der Waals surface area contributed by atoms with Crippen molar-refractivity contribution in [3.8, 4) is 0 Å². The molecule has 0 amide bonds. The third-order valence-electron chi connectivity index (χ3n) is 3.71. The number of rotatable bonds is 6. The van der Waals surface area contributed by atoms with Gasteiger partial charge in [-0.05, 0) is 48.6 Å². The minimum Gasteiger partial charge on any atom is -0.314 e. The Morgan fingerprint density at radius 1 is 1.00 bits per heavy atom. The molecule has 1 N–H and O–H groups in total. The highest BCUT2D eigenvalue weighted by Gasteiger charge is 2.19. The van der Waals surface area contributed by atoms with E-state index in [1.807, 2.05) is 0 Å². The van der Waals surface area contributed by atoms with Crippen LogP contribution in [0.2, 0.25) is 0 Å². The van der Waals surface area contributed by atoms with Crippen molar-refractivity contribution in [2.75, 3.05) is 6.54 Å². The van der Waals surface area contributed by atoms with Crippen LogP contribution in [0.4, 0.5) is 0 Å². The molecular weight excluding hydrogens is 230 g/mol. The average molecular weight is 251 g/mol. The van der Waals surface area contributed by atoms with Crippen LogP contribution in [-0.4, -0.2) is 12.6 Å². The van der Waals surface area contributed by atoms with Crippen molar-refractivity contribution < 1.29 is 0 Å². The lowest BCUT2D eigenvalue weighted by atomic mass is 10.0. The summed E-state index contributed by atoms with van der Waals surface area (Å²) in [6.45, 7) is 1.12. The fourth-order valence-corrected chi connectivity index (χ4v) is 2.46. The molecule has 2 aromatic carbocycles. The Hall–Kier alpha value is -1.60. The number of fused-ring (bicyclic) bond motifs is 1. The topological polar surface area (TPSA) is 12.0 Å². The molecule has 2 aromatic rings. The molecule has 0 radical (unpaired) electrons. The van der Waals surface area contributed by atoms with Crippen molar-refractivity contribution in [1.29, 1.82) is 0 Å². The standard InChI is InChI=1S/C18H21N/c1(5-14-19-17-12-13-17)2-7-15-9-6-10-16-8-3-4-11-18(15)16/h1-4,6,8-11,17,19H,5,7,12-14H2. The fraction of sp³-hybridized carbons (Fsp3) is 0.333. The minimum absolute atomic E-state index is 0.825. The van der Waals surface area contributed by atoms with Gasteiger partial charge in [0.05, 0.1) is 0 Å². The van der Waals surface area contributed by atoms with E-state index in [2.05, 4.69) is 59.9 Å². The lowest BCUT2D eigenvalue weighted by molar-refractivity contribution is 0.690. The summed E-state index contributed by atoms with van der Waals surface area (Å²) in [5, 5.41) is 6.25. The first-order valence-electron chi connectivity index (χ1n) is 7.28. The fourth-order valence-electron chi connectivity index (χ4n) is 2.46. The van der Waals surface area contributed by atoms with Gasteiger partial charge in [0.15, 0.2) is 0 Å². The zero-order chi connectivity index (χ0) is 12.9. The zero-order valence-corrected chi connectivity index (χ0v) is 11.3. The molecule has 1 nitrogen and oxygen atoms in total. The van der Waals surface area contributed by atoms with Gasteiger partial charge >= 0.3 is 0 Å². The van der Waals surface area contributed by atoms with E-state index in [-0.39, 0.29) is 0 Å². The van der Waals surface area contributed by atoms with Gasteiger partial charge < -0.3 is 5.32 Å². The Balaban J connectivity index is 1.56. The van der Waals surface area contributed by atoms with Gasteiger partial charge in [-0.2, -0.15) is 0 Å². The Labute approximate surface area is 115 Å². The SMILES string of the molecule is C(=CCc1cccc2ccccc12)CCNC1CC1. The summed E-state index contributed by atoms with van der Waals surface area (Å²) in [6, 6.07) is 16.0. The Kier molecular flexibility index (Phi) is 3.95. The van der Waals surface area contributed by atoms with Crippen LogP contribution in [0.3, 0.4) is 0 Å². The molecule has 3 rings (SSSR count). The lowest BCUT2D eigenvalue weighted by Gasteiger charge is -2.03. The Morgan fingerprint density at radius 2 is 1.84 bits per heavy atom. The van der Waals surface area contributed by atoms with Crippen molar-refractivity contribution >= 4 is 10.8 Å². The van der Waals surface area contributed by atoms with E-state index in [0.717, 1.165) is 25.4 Å². The highest BCUT2D eigenvalue weighted by Crippen LogP contribution is 2.19. The van der Waals surface area contributed by atoms with Gasteiger partial charge in [-0.3, -0.25) is 0 Å². The molecule has 1 aliphatic rings. The lowest BCUT2D eigenvalue weighted by Crippen LogP contribution is -2.16. The van der Waals surface area contributed by atoms with Crippen molar-refractivity contribution in [3.05, 3.63) is 60.2 Å². The molecule has 0 atom stereocenters. The van der Waals surface area contributed by atoms with Crippen molar-refractivity contribution in [1.82, 2.24) is 5.32 Å². The normalized spacial score (nSPS) is 15.4. The maximum absolute atomic E-state index is 3.53. The number of allylic oxidation sites excluding steroid dienone is 1. The third kappa shape index (κ3) is 3.45. The van der Waals surface area contributed by atoms with Crippen LogP contribution in [0.1, 0.15) is 24.8 Å². The molecule has 19 heavy (non-hydrogen) atoms. The van der Waals surface area contributed by atoms with Crippen LogP contribution in [0.5, 0.6) is 0 Å². The van der Waals surface area contributed by atoms with Crippen LogP contribution in [-0.2, 0) is 6.42 Å². The third-order valence-corrected chi connectivity index (χ3v) is 3.71. The molecule has 0 saturated heterocycles. The van der Waals surface area contributed by atoms with E-state index in [0.29, 0.717) is 0 Å². The Bertz CT molecular complexity index is 561. The van der Waals surface area contributed by atoms with Crippen LogP contribution < -0.4 is 5.32 Å². The van der Waals surface area contributed by atoms with Gasteiger partial charge in [0, 0.05) is 6.04 Å². The first kappa shape index (κ1) is 12.4. The predicted octanol–water partition coefficient (Wildman–Crippen LogP) is 4.08. The number of hydrogen-bond donors (Lipinski definition) is 1. The largest absolute Gasteiger partial charge is 0.314 e. The summed E-state index contributed by atoms with van der Waals surface area (Å²) in [6.07, 6.45) is 9.53. The highest BCUT2D eigenvalue weighted by molar-refractivity contribution is 5.85. The summed E-state index contributed by atoms with van der Waals surface area (Å²) in [5.74, 6) is 0. The number of hydrogen-bond acceptors (Lipinski definition) is 1. The maximum atomic E-state index is 3.53. The van der Waals surface area contributed by atoms with Crippen molar-refractivity contribution in [2.24, 2.45) is 0 Å². The van der Waals surface area contributed by atoms with Crippen LogP contribution in [0.15, 0.2) is 54.6 Å². The second-order valence-electron chi connectivity index (χ2n) is 5.33. The molecule has 98 valence electrons. The molecular formula is C18H21N. The molecule has 0 heterocycles. The number of nitrogens with one attached hydrogen (secondary N) is 1. The first-order chi connectivity index (χ1) is 9.43. The van der Waals surface area contributed by atoms with Gasteiger partial charge in [-0.15, -0.1) is 0 Å². The average Bonchev–Trinajstić information content (AvgIpc) is 3.27. The van der Waals surface area contributed by atoms with Crippen LogP contribution >= 0.6 is 0 Å². The second kappa shape index (κ2) is 6.03. The van der Waals surface area contributed by atoms with E-state index >= 15 is 0 Å². The summed E-state index contributed by atoms with van der Waals surface area (Å²) in [5.41, 5.74) is 1.42. The monoisotopic (exact) mass is 251 g/mol. The van der Waals surface area contributed by atoms with Gasteiger partial charge in [0.2, 0.25) is 0 Å². The van der Waals surface area contributed by atoms with Gasteiger partial charge in [-0.25, -0.2) is 0 Å². The van der Waals surface area contributed by atoms with E-state index in [9.17, 15) is 0 Å². The Morgan fingerprint density at radius 3 is 2.74 bits per heavy atom. The second-order valence-corrected chi connectivity index (χ2v) is 5.33. The summed E-state index contributed by atoms with van der Waals surface area (Å²) in [4.78, 5) is 0. The zero-order valence-electron chi connectivity index (χ0n) is 11.3. The highest BCUT2D eigenvalue weighted by atomic mass is 14.9. The molecule has 0 unspecified atom stereocenters. The molecule has 0 aromatic heterocycles. The van der Waals surface area contributed by atoms with Crippen LogP contribution in [0, 0.1) is 0 Å². The van der Waals surface area contributed by atoms with Gasteiger partial charge in [0.25, 0.3) is 0 Å². The van der Waals surface area contributed by atoms with E-state index < -0.39 is 0 Å². The van der Waals surface area contributed by atoms with E-state index in [1.54, 1.807) is 0 Å². The van der Waals surface area contributed by atoms with Crippen molar-refractivity contribution in [3.63, 3.8) is 0 Å². The van der Waals surface area contributed by atoms with Crippen LogP contribution in [0.25, 0.3) is 10.8 Å². The van der Waals surface area contributed by atoms with E-state index in [1.165, 1.54) is 29.2 Å². The molecule has 1 aliphatic carbocycles. The molecule has 0 aliphatic heterocycles. The molecule has 1 heteroatoms. The summed E-state index contributed by atoms with van der Waals surface area (Å²) in [7, 11) is 0. The maximum Gasteiger partial charge on any atom is 0.00683 e. The summed E-state index contributed by atoms with van der Waals surface area (Å²) >= 11 is 0. The molecule has 1 saturated carbocycles. The van der Waals surface area contributed by atoms with Crippen molar-refractivity contribution in [2.45, 2.75) is 31.7 Å². The van der Waals surface area contributed by atoms with Gasteiger partial charge in [0.1, 0.15) is 0 Å². The molecule has 1 fully saturated rings. The predicted molar refractivity (Wildman–Crippen MR) is 82.4 cm³/mol. The first-order valence-corrected chi connectivity index (χ1v) is 7.28. The minimum atomic E-state index is 0.825. The summed E-state index contributed by atoms with van der Waals surface area (Å²) < 4.78 is 0. The smallest absolute Gasteiger partial charge is 0.00683 e. The number of benzene rings is 2. The van der Waals surface area contributed by atoms with Gasteiger partial charge in [-0.1, -0.05) is 54.6 Å².